The molecule has 1 aromatic rings. The first-order chi connectivity index (χ1) is 9.71. The molecule has 0 bridgehead atoms. The second-order valence-corrected chi connectivity index (χ2v) is 6.26. The standard InChI is InChI=1S/C17H20O4/c1-11(14(18)19)10-13-16(2,3)17(13,4)15(20)21-12-8-6-5-7-9-12/h5-10,13H,1-4H3,(H,18,19). The molecule has 1 aliphatic carbocycles. The van der Waals surface area contributed by atoms with Gasteiger partial charge in [-0.2, -0.15) is 0 Å². The number of hydrogen-bond donors (Lipinski definition) is 1. The maximum Gasteiger partial charge on any atom is 0.330 e. The van der Waals surface area contributed by atoms with Gasteiger partial charge in [-0.3, -0.25) is 4.79 Å². The topological polar surface area (TPSA) is 63.6 Å². The van der Waals surface area contributed by atoms with E-state index in [0.717, 1.165) is 0 Å². The van der Waals surface area contributed by atoms with Crippen LogP contribution in [-0.2, 0) is 9.59 Å². The molecule has 2 unspecified atom stereocenters. The van der Waals surface area contributed by atoms with Crippen LogP contribution in [0.3, 0.4) is 0 Å². The van der Waals surface area contributed by atoms with E-state index in [1.165, 1.54) is 0 Å². The van der Waals surface area contributed by atoms with E-state index in [4.69, 9.17) is 9.84 Å². The highest BCUT2D eigenvalue weighted by atomic mass is 16.5. The Bertz CT molecular complexity index is 600. The summed E-state index contributed by atoms with van der Waals surface area (Å²) in [5.41, 5.74) is -0.779. The molecule has 0 saturated heterocycles. The summed E-state index contributed by atoms with van der Waals surface area (Å²) in [4.78, 5) is 23.4. The first-order valence-electron chi connectivity index (χ1n) is 6.90. The summed E-state index contributed by atoms with van der Waals surface area (Å²) in [7, 11) is 0. The SMILES string of the molecule is CC(=CC1C(C)(C)C1(C)C(=O)Oc1ccccc1)C(=O)O. The molecule has 1 aromatic carbocycles. The van der Waals surface area contributed by atoms with E-state index in [1.54, 1.807) is 37.3 Å². The van der Waals surface area contributed by atoms with E-state index in [-0.39, 0.29) is 22.9 Å². The molecule has 0 aromatic heterocycles. The van der Waals surface area contributed by atoms with Crippen LogP contribution in [-0.4, -0.2) is 17.0 Å². The van der Waals surface area contributed by atoms with Gasteiger partial charge in [-0.1, -0.05) is 38.1 Å². The number of carbonyl (C=O) groups is 2. The average molecular weight is 288 g/mol. The Hall–Kier alpha value is -2.10. The van der Waals surface area contributed by atoms with E-state index < -0.39 is 11.4 Å². The summed E-state index contributed by atoms with van der Waals surface area (Å²) in [6.07, 6.45) is 1.66. The third-order valence-electron chi connectivity index (χ3n) is 4.79. The van der Waals surface area contributed by atoms with Crippen molar-refractivity contribution >= 4 is 11.9 Å². The lowest BCUT2D eigenvalue weighted by Gasteiger charge is -2.13. The lowest BCUT2D eigenvalue weighted by atomic mass is 9.98. The maximum atomic E-state index is 12.5. The number of benzene rings is 1. The minimum absolute atomic E-state index is 0.141. The van der Waals surface area contributed by atoms with Gasteiger partial charge in [0.1, 0.15) is 5.75 Å². The minimum Gasteiger partial charge on any atom is -0.478 e. The van der Waals surface area contributed by atoms with E-state index in [9.17, 15) is 9.59 Å². The summed E-state index contributed by atoms with van der Waals surface area (Å²) >= 11 is 0. The predicted octanol–water partition coefficient (Wildman–Crippen LogP) is 3.29. The minimum atomic E-state index is -0.962. The smallest absolute Gasteiger partial charge is 0.330 e. The predicted molar refractivity (Wildman–Crippen MR) is 78.8 cm³/mol. The molecular weight excluding hydrogens is 268 g/mol. The summed E-state index contributed by atoms with van der Waals surface area (Å²) in [5.74, 6) is -0.920. The van der Waals surface area contributed by atoms with Gasteiger partial charge in [0.05, 0.1) is 5.41 Å². The van der Waals surface area contributed by atoms with Gasteiger partial charge in [0.15, 0.2) is 0 Å². The second-order valence-electron chi connectivity index (χ2n) is 6.26. The number of hydrogen-bond acceptors (Lipinski definition) is 3. The van der Waals surface area contributed by atoms with Gasteiger partial charge in [-0.05, 0) is 31.4 Å². The van der Waals surface area contributed by atoms with Crippen LogP contribution in [0.15, 0.2) is 42.0 Å². The summed E-state index contributed by atoms with van der Waals surface area (Å²) < 4.78 is 5.43. The first kappa shape index (κ1) is 15.3. The molecule has 4 heteroatoms. The third-order valence-corrected chi connectivity index (χ3v) is 4.79. The number of esters is 1. The number of carbonyl (C=O) groups excluding carboxylic acids is 1. The zero-order valence-electron chi connectivity index (χ0n) is 12.7. The molecule has 2 rings (SSSR count). The van der Waals surface area contributed by atoms with Gasteiger partial charge < -0.3 is 9.84 Å². The monoisotopic (exact) mass is 288 g/mol. The zero-order chi connectivity index (χ0) is 15.8. The molecule has 0 aliphatic heterocycles. The van der Waals surface area contributed by atoms with Crippen LogP contribution >= 0.6 is 0 Å². The van der Waals surface area contributed by atoms with Crippen molar-refractivity contribution in [2.75, 3.05) is 0 Å². The molecule has 0 amide bonds. The summed E-state index contributed by atoms with van der Waals surface area (Å²) in [6.45, 7) is 7.28. The average Bonchev–Trinajstić information content (AvgIpc) is 2.86. The molecule has 1 saturated carbocycles. The third kappa shape index (κ3) is 2.46. The number of allylic oxidation sites excluding steroid dienone is 1. The molecule has 2 atom stereocenters. The first-order valence-corrected chi connectivity index (χ1v) is 6.90. The van der Waals surface area contributed by atoms with Gasteiger partial charge in [0.25, 0.3) is 0 Å². The van der Waals surface area contributed by atoms with Crippen LogP contribution < -0.4 is 4.74 Å². The normalized spacial score (nSPS) is 27.0. The van der Waals surface area contributed by atoms with Crippen molar-refractivity contribution < 1.29 is 19.4 Å². The van der Waals surface area contributed by atoms with E-state index >= 15 is 0 Å². The van der Waals surface area contributed by atoms with Crippen molar-refractivity contribution in [3.05, 3.63) is 42.0 Å². The summed E-state index contributed by atoms with van der Waals surface area (Å²) in [6, 6.07) is 8.90. The molecule has 0 radical (unpaired) electrons. The lowest BCUT2D eigenvalue weighted by Crippen LogP contribution is -2.24. The Morgan fingerprint density at radius 2 is 1.76 bits per heavy atom. The number of carboxylic acid groups (broad SMARTS) is 1. The Morgan fingerprint density at radius 3 is 2.29 bits per heavy atom. The quantitative estimate of drug-likeness (QED) is 0.524. The number of rotatable bonds is 4. The van der Waals surface area contributed by atoms with Crippen molar-refractivity contribution in [3.8, 4) is 5.75 Å². The number of ether oxygens (including phenoxy) is 1. The van der Waals surface area contributed by atoms with Crippen molar-refractivity contribution in [2.24, 2.45) is 16.7 Å². The molecule has 112 valence electrons. The highest BCUT2D eigenvalue weighted by Crippen LogP contribution is 2.70. The van der Waals surface area contributed by atoms with Gasteiger partial charge in [0.2, 0.25) is 0 Å². The van der Waals surface area contributed by atoms with Crippen molar-refractivity contribution in [2.45, 2.75) is 27.7 Å². The van der Waals surface area contributed by atoms with E-state index in [1.807, 2.05) is 26.8 Å². The van der Waals surface area contributed by atoms with Crippen molar-refractivity contribution in [1.29, 1.82) is 0 Å². The number of para-hydroxylation sites is 1. The molecule has 0 spiro atoms. The molecule has 1 fully saturated rings. The van der Waals surface area contributed by atoms with Crippen LogP contribution in [0.4, 0.5) is 0 Å². The van der Waals surface area contributed by atoms with Crippen LogP contribution in [0.25, 0.3) is 0 Å². The molecule has 1 aliphatic rings. The van der Waals surface area contributed by atoms with E-state index in [2.05, 4.69) is 0 Å². The van der Waals surface area contributed by atoms with Crippen LogP contribution in [0, 0.1) is 16.7 Å². The Kier molecular flexibility index (Phi) is 3.66. The van der Waals surface area contributed by atoms with Crippen LogP contribution in [0.5, 0.6) is 5.75 Å². The Balaban J connectivity index is 2.20. The second kappa shape index (κ2) is 5.02. The van der Waals surface area contributed by atoms with Crippen LogP contribution in [0.2, 0.25) is 0 Å². The van der Waals surface area contributed by atoms with Crippen molar-refractivity contribution in [1.82, 2.24) is 0 Å². The van der Waals surface area contributed by atoms with Gasteiger partial charge in [0, 0.05) is 11.5 Å². The Labute approximate surface area is 124 Å². The van der Waals surface area contributed by atoms with Crippen molar-refractivity contribution in [3.63, 3.8) is 0 Å². The molecule has 1 N–H and O–H groups in total. The Morgan fingerprint density at radius 1 is 1.19 bits per heavy atom. The molecule has 4 nitrogen and oxygen atoms in total. The maximum absolute atomic E-state index is 12.5. The largest absolute Gasteiger partial charge is 0.478 e. The fourth-order valence-corrected chi connectivity index (χ4v) is 2.81. The molecule has 0 heterocycles. The highest BCUT2D eigenvalue weighted by molar-refractivity contribution is 5.88. The molecular formula is C17H20O4. The van der Waals surface area contributed by atoms with Crippen LogP contribution in [0.1, 0.15) is 27.7 Å². The number of carboxylic acids is 1. The molecule has 21 heavy (non-hydrogen) atoms. The zero-order valence-corrected chi connectivity index (χ0v) is 12.7. The highest BCUT2D eigenvalue weighted by Gasteiger charge is 2.72. The summed E-state index contributed by atoms with van der Waals surface area (Å²) in [5, 5.41) is 8.99. The van der Waals surface area contributed by atoms with Gasteiger partial charge in [-0.25, -0.2) is 4.79 Å². The number of aliphatic carboxylic acids is 1. The van der Waals surface area contributed by atoms with Gasteiger partial charge in [-0.15, -0.1) is 0 Å². The fourth-order valence-electron chi connectivity index (χ4n) is 2.81. The van der Waals surface area contributed by atoms with E-state index in [0.29, 0.717) is 5.75 Å². The fraction of sp³-hybridized carbons (Fsp3) is 0.412. The van der Waals surface area contributed by atoms with Gasteiger partial charge >= 0.3 is 11.9 Å². The lowest BCUT2D eigenvalue weighted by molar-refractivity contribution is -0.141.